The van der Waals surface area contributed by atoms with Gasteiger partial charge in [-0.1, -0.05) is 66.2 Å². The predicted molar refractivity (Wildman–Crippen MR) is 83.3 cm³/mol. The van der Waals surface area contributed by atoms with Crippen LogP contribution in [-0.4, -0.2) is 18.5 Å². The van der Waals surface area contributed by atoms with Gasteiger partial charge in [-0.3, -0.25) is 4.90 Å². The lowest BCUT2D eigenvalue weighted by atomic mass is 10.2. The van der Waals surface area contributed by atoms with Crippen molar-refractivity contribution in [3.63, 3.8) is 0 Å². The fraction of sp³-hybridized carbons (Fsp3) is 0.176. The molecule has 2 aromatic carbocycles. The van der Waals surface area contributed by atoms with Crippen molar-refractivity contribution in [1.82, 2.24) is 4.90 Å². The maximum atomic E-state index is 5.85. The van der Waals surface area contributed by atoms with Gasteiger partial charge in [-0.15, -0.1) is 0 Å². The number of hydrogen-bond acceptors (Lipinski definition) is 1. The molecule has 0 bridgehead atoms. The summed E-state index contributed by atoms with van der Waals surface area (Å²) < 4.78 is 0. The number of hydrogen-bond donors (Lipinski definition) is 0. The van der Waals surface area contributed by atoms with Crippen LogP contribution in [0, 0.1) is 0 Å². The van der Waals surface area contributed by atoms with Crippen molar-refractivity contribution in [1.29, 1.82) is 0 Å². The van der Waals surface area contributed by atoms with Crippen LogP contribution in [0.1, 0.15) is 11.1 Å². The van der Waals surface area contributed by atoms with Gasteiger partial charge in [0, 0.05) is 18.1 Å². The third kappa shape index (κ3) is 4.90. The van der Waals surface area contributed by atoms with Crippen LogP contribution in [0.3, 0.4) is 0 Å². The van der Waals surface area contributed by atoms with Gasteiger partial charge in [-0.2, -0.15) is 0 Å². The summed E-state index contributed by atoms with van der Waals surface area (Å²) in [4.78, 5) is 2.28. The van der Waals surface area contributed by atoms with Gasteiger partial charge in [-0.05, 0) is 30.3 Å². The van der Waals surface area contributed by atoms with Gasteiger partial charge in [-0.25, -0.2) is 0 Å². The molecule has 2 rings (SSSR count). The minimum Gasteiger partial charge on any atom is -0.298 e. The van der Waals surface area contributed by atoms with Gasteiger partial charge in [0.1, 0.15) is 0 Å². The highest BCUT2D eigenvalue weighted by atomic mass is 35.5. The highest BCUT2D eigenvalue weighted by Gasteiger charge is 1.97. The van der Waals surface area contributed by atoms with E-state index in [4.69, 9.17) is 11.6 Å². The topological polar surface area (TPSA) is 3.24 Å². The summed E-state index contributed by atoms with van der Waals surface area (Å²) in [6, 6.07) is 18.4. The lowest BCUT2D eigenvalue weighted by molar-refractivity contribution is 0.364. The Morgan fingerprint density at radius 3 is 2.37 bits per heavy atom. The first-order valence-corrected chi connectivity index (χ1v) is 6.76. The number of benzene rings is 2. The Bertz CT molecular complexity index is 517. The highest BCUT2D eigenvalue weighted by Crippen LogP contribution is 2.10. The molecule has 19 heavy (non-hydrogen) atoms. The van der Waals surface area contributed by atoms with E-state index in [2.05, 4.69) is 48.4 Å². The fourth-order valence-electron chi connectivity index (χ4n) is 1.90. The molecule has 0 N–H and O–H groups in total. The van der Waals surface area contributed by atoms with E-state index in [1.807, 2.05) is 30.3 Å². The average molecular weight is 272 g/mol. The minimum atomic E-state index is 0.776. The first-order valence-electron chi connectivity index (χ1n) is 6.38. The van der Waals surface area contributed by atoms with Gasteiger partial charge in [0.25, 0.3) is 0 Å². The highest BCUT2D eigenvalue weighted by molar-refractivity contribution is 6.30. The standard InChI is InChI=1S/C17H18ClN/c1-19(14-16-6-3-2-4-7-16)13-5-8-15-9-11-17(18)12-10-15/h2-12H,13-14H2,1H3. The molecule has 0 aliphatic rings. The van der Waals surface area contributed by atoms with Crippen LogP contribution in [0.5, 0.6) is 0 Å². The molecule has 2 heteroatoms. The molecule has 2 aromatic rings. The molecule has 0 aliphatic heterocycles. The Balaban J connectivity index is 1.83. The lowest BCUT2D eigenvalue weighted by Crippen LogP contribution is -2.17. The summed E-state index contributed by atoms with van der Waals surface area (Å²) >= 11 is 5.85. The zero-order chi connectivity index (χ0) is 13.5. The maximum Gasteiger partial charge on any atom is 0.0406 e. The Morgan fingerprint density at radius 1 is 1.00 bits per heavy atom. The monoisotopic (exact) mass is 271 g/mol. The van der Waals surface area contributed by atoms with Gasteiger partial charge < -0.3 is 0 Å². The predicted octanol–water partition coefficient (Wildman–Crippen LogP) is 4.49. The maximum absolute atomic E-state index is 5.85. The van der Waals surface area contributed by atoms with E-state index in [0.29, 0.717) is 0 Å². The van der Waals surface area contributed by atoms with Crippen molar-refractivity contribution in [3.05, 3.63) is 76.8 Å². The third-order valence-electron chi connectivity index (χ3n) is 2.89. The summed E-state index contributed by atoms with van der Waals surface area (Å²) in [5, 5.41) is 0.776. The molecule has 0 radical (unpaired) electrons. The minimum absolute atomic E-state index is 0.776. The summed E-state index contributed by atoms with van der Waals surface area (Å²) in [5.41, 5.74) is 2.52. The van der Waals surface area contributed by atoms with E-state index < -0.39 is 0 Å². The Morgan fingerprint density at radius 2 is 1.68 bits per heavy atom. The second-order valence-electron chi connectivity index (χ2n) is 4.64. The van der Waals surface area contributed by atoms with Crippen LogP contribution in [0.2, 0.25) is 5.02 Å². The quantitative estimate of drug-likeness (QED) is 0.775. The molecule has 98 valence electrons. The van der Waals surface area contributed by atoms with E-state index in [1.165, 1.54) is 11.1 Å². The van der Waals surface area contributed by atoms with E-state index in [1.54, 1.807) is 0 Å². The molecule has 0 spiro atoms. The first-order chi connectivity index (χ1) is 9.24. The molecule has 0 aromatic heterocycles. The van der Waals surface area contributed by atoms with E-state index in [9.17, 15) is 0 Å². The van der Waals surface area contributed by atoms with Crippen molar-refractivity contribution in [3.8, 4) is 0 Å². The van der Waals surface area contributed by atoms with Crippen molar-refractivity contribution in [2.75, 3.05) is 13.6 Å². The zero-order valence-corrected chi connectivity index (χ0v) is 11.8. The van der Waals surface area contributed by atoms with Crippen LogP contribution in [0.15, 0.2) is 60.7 Å². The molecular weight excluding hydrogens is 254 g/mol. The van der Waals surface area contributed by atoms with Gasteiger partial charge in [0.15, 0.2) is 0 Å². The molecule has 0 saturated heterocycles. The van der Waals surface area contributed by atoms with Crippen LogP contribution >= 0.6 is 11.6 Å². The van der Waals surface area contributed by atoms with Crippen LogP contribution in [-0.2, 0) is 6.54 Å². The number of rotatable bonds is 5. The Kier molecular flexibility index (Phi) is 5.20. The summed E-state index contributed by atoms with van der Waals surface area (Å²) in [6.45, 7) is 1.89. The van der Waals surface area contributed by atoms with Crippen molar-refractivity contribution < 1.29 is 0 Å². The summed E-state index contributed by atoms with van der Waals surface area (Å²) in [7, 11) is 2.12. The Labute approximate surface area is 120 Å². The summed E-state index contributed by atoms with van der Waals surface area (Å²) in [6.07, 6.45) is 4.30. The van der Waals surface area contributed by atoms with Gasteiger partial charge >= 0.3 is 0 Å². The van der Waals surface area contributed by atoms with E-state index in [0.717, 1.165) is 18.1 Å². The Hall–Kier alpha value is -1.57. The molecule has 0 saturated carbocycles. The van der Waals surface area contributed by atoms with Gasteiger partial charge in [0.2, 0.25) is 0 Å². The van der Waals surface area contributed by atoms with Crippen LogP contribution in [0.4, 0.5) is 0 Å². The SMILES string of the molecule is CN(CC=Cc1ccc(Cl)cc1)Cc1ccccc1. The molecule has 0 heterocycles. The van der Waals surface area contributed by atoms with Crippen molar-refractivity contribution in [2.24, 2.45) is 0 Å². The molecule has 0 fully saturated rings. The van der Waals surface area contributed by atoms with Crippen molar-refractivity contribution >= 4 is 17.7 Å². The molecule has 0 amide bonds. The molecule has 0 aliphatic carbocycles. The van der Waals surface area contributed by atoms with Crippen LogP contribution < -0.4 is 0 Å². The lowest BCUT2D eigenvalue weighted by Gasteiger charge is -2.14. The molecule has 0 unspecified atom stereocenters. The third-order valence-corrected chi connectivity index (χ3v) is 3.14. The number of nitrogens with zero attached hydrogens (tertiary/aromatic N) is 1. The zero-order valence-electron chi connectivity index (χ0n) is 11.1. The fourth-order valence-corrected chi connectivity index (χ4v) is 2.03. The smallest absolute Gasteiger partial charge is 0.0406 e. The van der Waals surface area contributed by atoms with Crippen LogP contribution in [0.25, 0.3) is 6.08 Å². The second-order valence-corrected chi connectivity index (χ2v) is 5.07. The van der Waals surface area contributed by atoms with E-state index >= 15 is 0 Å². The van der Waals surface area contributed by atoms with Crippen molar-refractivity contribution in [2.45, 2.75) is 6.54 Å². The average Bonchev–Trinajstić information content (AvgIpc) is 2.42. The molecule has 0 atom stereocenters. The summed E-state index contributed by atoms with van der Waals surface area (Å²) in [5.74, 6) is 0. The second kappa shape index (κ2) is 7.13. The first kappa shape index (κ1) is 13.9. The normalized spacial score (nSPS) is 11.3. The number of halogens is 1. The van der Waals surface area contributed by atoms with Gasteiger partial charge in [0.05, 0.1) is 0 Å². The number of likely N-dealkylation sites (N-methyl/N-ethyl adjacent to an activating group) is 1. The van der Waals surface area contributed by atoms with E-state index in [-0.39, 0.29) is 0 Å². The largest absolute Gasteiger partial charge is 0.298 e. The molecular formula is C17H18ClN. The molecule has 1 nitrogen and oxygen atoms in total.